The van der Waals surface area contributed by atoms with E-state index in [4.69, 9.17) is 9.47 Å². The summed E-state index contributed by atoms with van der Waals surface area (Å²) in [4.78, 5) is 23.8. The lowest BCUT2D eigenvalue weighted by Gasteiger charge is -2.24. The highest BCUT2D eigenvalue weighted by Crippen LogP contribution is 2.32. The Balaban J connectivity index is 1.92. The number of fused-ring (bicyclic) bond motifs is 1. The van der Waals surface area contributed by atoms with E-state index in [0.717, 1.165) is 0 Å². The molecule has 3 rings (SSSR count). The first-order valence-corrected chi connectivity index (χ1v) is 8.72. The van der Waals surface area contributed by atoms with Crippen molar-refractivity contribution in [1.29, 1.82) is 0 Å². The summed E-state index contributed by atoms with van der Waals surface area (Å²) < 4.78 is 50.2. The lowest BCUT2D eigenvalue weighted by atomic mass is 10.1. The van der Waals surface area contributed by atoms with Crippen LogP contribution in [0.15, 0.2) is 42.5 Å². The van der Waals surface area contributed by atoms with E-state index in [0.29, 0.717) is 30.3 Å². The van der Waals surface area contributed by atoms with Crippen molar-refractivity contribution in [1.82, 2.24) is 4.90 Å². The number of alkyl halides is 3. The maximum Gasteiger partial charge on any atom is 0.406 e. The molecule has 0 spiro atoms. The number of hydrogen-bond donors (Lipinski definition) is 0. The van der Waals surface area contributed by atoms with Crippen molar-refractivity contribution < 1.29 is 32.4 Å². The normalized spacial score (nSPS) is 13.5. The van der Waals surface area contributed by atoms with Gasteiger partial charge in [0, 0.05) is 23.6 Å². The number of rotatable bonds is 5. The lowest BCUT2D eigenvalue weighted by molar-refractivity contribution is -0.385. The van der Waals surface area contributed by atoms with Gasteiger partial charge in [0.2, 0.25) is 0 Å². The first-order chi connectivity index (χ1) is 13.7. The van der Waals surface area contributed by atoms with Gasteiger partial charge in [-0.3, -0.25) is 14.9 Å². The van der Waals surface area contributed by atoms with Crippen molar-refractivity contribution in [2.24, 2.45) is 0 Å². The molecular weight excluding hydrogens is 393 g/mol. The molecule has 0 atom stereocenters. The molecule has 0 N–H and O–H groups in total. The first kappa shape index (κ1) is 20.4. The zero-order chi connectivity index (χ0) is 21.0. The number of halogens is 3. The van der Waals surface area contributed by atoms with Crippen LogP contribution in [-0.4, -0.2) is 41.7 Å². The van der Waals surface area contributed by atoms with Gasteiger partial charge in [0.05, 0.1) is 24.7 Å². The van der Waals surface area contributed by atoms with E-state index in [9.17, 15) is 28.1 Å². The van der Waals surface area contributed by atoms with E-state index in [1.165, 1.54) is 42.5 Å². The Labute approximate surface area is 163 Å². The fraction of sp³-hybridized carbons (Fsp3) is 0.316. The Bertz CT molecular complexity index is 917. The molecule has 0 saturated carbocycles. The number of ether oxygens (including phenoxy) is 2. The van der Waals surface area contributed by atoms with Crippen molar-refractivity contribution in [2.45, 2.75) is 19.1 Å². The van der Waals surface area contributed by atoms with Crippen molar-refractivity contribution in [3.05, 3.63) is 63.7 Å². The monoisotopic (exact) mass is 410 g/mol. The van der Waals surface area contributed by atoms with Crippen LogP contribution in [0.3, 0.4) is 0 Å². The van der Waals surface area contributed by atoms with Gasteiger partial charge in [-0.1, -0.05) is 18.2 Å². The minimum absolute atomic E-state index is 0.00411. The molecular formula is C19H17F3N2O5. The smallest absolute Gasteiger partial charge is 0.406 e. The highest BCUT2D eigenvalue weighted by Gasteiger charge is 2.34. The molecule has 0 fully saturated rings. The van der Waals surface area contributed by atoms with Gasteiger partial charge in [-0.2, -0.15) is 13.2 Å². The summed E-state index contributed by atoms with van der Waals surface area (Å²) in [6.45, 7) is -1.33. The Hall–Kier alpha value is -3.30. The second-order valence-electron chi connectivity index (χ2n) is 6.37. The lowest BCUT2D eigenvalue weighted by Crippen LogP contribution is -2.38. The van der Waals surface area contributed by atoms with Crippen molar-refractivity contribution in [3.8, 4) is 11.5 Å². The SMILES string of the molecule is O=C(c1ccc2c(c1)OCCCO2)N(Cc1ccccc1[N+](=O)[O-])CC(F)(F)F. The Kier molecular flexibility index (Phi) is 5.90. The van der Waals surface area contributed by atoms with E-state index in [1.807, 2.05) is 0 Å². The van der Waals surface area contributed by atoms with Crippen LogP contribution in [0.5, 0.6) is 11.5 Å². The van der Waals surface area contributed by atoms with E-state index in [1.54, 1.807) is 0 Å². The van der Waals surface area contributed by atoms with Crippen LogP contribution >= 0.6 is 0 Å². The number of para-hydroxylation sites is 1. The van der Waals surface area contributed by atoms with Crippen LogP contribution in [0.25, 0.3) is 0 Å². The third-order valence-corrected chi connectivity index (χ3v) is 4.20. The van der Waals surface area contributed by atoms with Crippen LogP contribution < -0.4 is 9.47 Å². The summed E-state index contributed by atoms with van der Waals surface area (Å²) in [5.74, 6) is -0.248. The Morgan fingerprint density at radius 2 is 1.79 bits per heavy atom. The molecule has 2 aromatic carbocycles. The summed E-state index contributed by atoms with van der Waals surface area (Å²) in [6, 6.07) is 9.50. The third-order valence-electron chi connectivity index (χ3n) is 4.20. The molecule has 29 heavy (non-hydrogen) atoms. The summed E-state index contributed by atoms with van der Waals surface area (Å²) >= 11 is 0. The molecule has 0 radical (unpaired) electrons. The molecule has 1 heterocycles. The van der Waals surface area contributed by atoms with Crippen LogP contribution in [0.1, 0.15) is 22.3 Å². The number of nitrogens with zero attached hydrogens (tertiary/aromatic N) is 2. The molecule has 154 valence electrons. The minimum Gasteiger partial charge on any atom is -0.490 e. The zero-order valence-corrected chi connectivity index (χ0v) is 15.1. The third kappa shape index (κ3) is 5.15. The molecule has 10 heteroatoms. The Morgan fingerprint density at radius 3 is 2.48 bits per heavy atom. The molecule has 0 aliphatic carbocycles. The second kappa shape index (κ2) is 8.38. The topological polar surface area (TPSA) is 81.9 Å². The molecule has 0 aromatic heterocycles. The highest BCUT2D eigenvalue weighted by molar-refractivity contribution is 5.95. The number of carbonyl (C=O) groups excluding carboxylic acids is 1. The van der Waals surface area contributed by atoms with E-state index in [-0.39, 0.29) is 22.6 Å². The van der Waals surface area contributed by atoms with Crippen LogP contribution in [-0.2, 0) is 6.54 Å². The molecule has 1 aliphatic heterocycles. The summed E-state index contributed by atoms with van der Waals surface area (Å²) in [6.07, 6.45) is -4.04. The standard InChI is InChI=1S/C19H17F3N2O5/c20-19(21,22)12-23(11-14-4-1-2-5-15(14)24(26)27)18(25)13-6-7-16-17(10-13)29-9-3-8-28-16/h1-2,4-7,10H,3,8-9,11-12H2. The summed E-state index contributed by atoms with van der Waals surface area (Å²) in [7, 11) is 0. The molecule has 2 aromatic rings. The van der Waals surface area contributed by atoms with Crippen molar-refractivity contribution in [2.75, 3.05) is 19.8 Å². The van der Waals surface area contributed by atoms with Gasteiger partial charge in [0.25, 0.3) is 11.6 Å². The van der Waals surface area contributed by atoms with Gasteiger partial charge in [-0.25, -0.2) is 0 Å². The van der Waals surface area contributed by atoms with Gasteiger partial charge in [-0.05, 0) is 18.2 Å². The quantitative estimate of drug-likeness (QED) is 0.551. The number of hydrogen-bond acceptors (Lipinski definition) is 5. The fourth-order valence-electron chi connectivity index (χ4n) is 2.92. The number of benzene rings is 2. The molecule has 7 nitrogen and oxygen atoms in total. The minimum atomic E-state index is -4.68. The van der Waals surface area contributed by atoms with E-state index >= 15 is 0 Å². The number of nitro groups is 1. The molecule has 1 amide bonds. The number of carbonyl (C=O) groups is 1. The van der Waals surface area contributed by atoms with Gasteiger partial charge in [0.1, 0.15) is 6.54 Å². The molecule has 0 unspecified atom stereocenters. The zero-order valence-electron chi connectivity index (χ0n) is 15.1. The van der Waals surface area contributed by atoms with Gasteiger partial charge in [-0.15, -0.1) is 0 Å². The maximum atomic E-state index is 13.1. The summed E-state index contributed by atoms with van der Waals surface area (Å²) in [5, 5.41) is 11.2. The summed E-state index contributed by atoms with van der Waals surface area (Å²) in [5.41, 5.74) is -0.382. The Morgan fingerprint density at radius 1 is 1.10 bits per heavy atom. The van der Waals surface area contributed by atoms with E-state index < -0.39 is 30.1 Å². The van der Waals surface area contributed by atoms with Gasteiger partial charge >= 0.3 is 6.18 Å². The average Bonchev–Trinajstić information content (AvgIpc) is 2.91. The van der Waals surface area contributed by atoms with Crippen molar-refractivity contribution >= 4 is 11.6 Å². The molecule has 0 saturated heterocycles. The van der Waals surface area contributed by atoms with Crippen LogP contribution in [0.2, 0.25) is 0 Å². The van der Waals surface area contributed by atoms with Gasteiger partial charge in [0.15, 0.2) is 11.5 Å². The number of amides is 1. The molecule has 0 bridgehead atoms. The first-order valence-electron chi connectivity index (χ1n) is 8.72. The fourth-order valence-corrected chi connectivity index (χ4v) is 2.92. The van der Waals surface area contributed by atoms with Crippen LogP contribution in [0.4, 0.5) is 18.9 Å². The maximum absolute atomic E-state index is 13.1. The van der Waals surface area contributed by atoms with Crippen LogP contribution in [0, 0.1) is 10.1 Å². The van der Waals surface area contributed by atoms with Crippen molar-refractivity contribution in [3.63, 3.8) is 0 Å². The molecule has 1 aliphatic rings. The second-order valence-corrected chi connectivity index (χ2v) is 6.37. The largest absolute Gasteiger partial charge is 0.490 e. The predicted molar refractivity (Wildman–Crippen MR) is 95.9 cm³/mol. The predicted octanol–water partition coefficient (Wildman–Crippen LogP) is 3.96. The number of nitro benzene ring substituents is 1. The van der Waals surface area contributed by atoms with Gasteiger partial charge < -0.3 is 14.4 Å². The highest BCUT2D eigenvalue weighted by atomic mass is 19.4. The van der Waals surface area contributed by atoms with E-state index in [2.05, 4.69) is 0 Å². The average molecular weight is 410 g/mol.